The van der Waals surface area contributed by atoms with E-state index in [9.17, 15) is 4.39 Å². The van der Waals surface area contributed by atoms with Crippen molar-refractivity contribution in [2.24, 2.45) is 0 Å². The summed E-state index contributed by atoms with van der Waals surface area (Å²) in [5.74, 6) is 7.42. The Kier molecular flexibility index (Phi) is 5.15. The minimum atomic E-state index is -0.265. The van der Waals surface area contributed by atoms with Crippen molar-refractivity contribution in [3.8, 4) is 0 Å². The molecule has 3 rings (SSSR count). The molecule has 2 aromatic heterocycles. The molecule has 0 amide bonds. The molecule has 8 heteroatoms. The third-order valence-electron chi connectivity index (χ3n) is 3.45. The number of thiazole rings is 1. The molecule has 0 saturated carbocycles. The first kappa shape index (κ1) is 16.9. The van der Waals surface area contributed by atoms with Crippen LogP contribution in [0.15, 0.2) is 34.8 Å². The number of hydrogen-bond donors (Lipinski definition) is 1. The molecule has 3 aromatic rings. The monoisotopic (exact) mass is 363 g/mol. The van der Waals surface area contributed by atoms with E-state index < -0.39 is 0 Å². The van der Waals surface area contributed by atoms with E-state index in [1.165, 1.54) is 22.5 Å². The van der Waals surface area contributed by atoms with Gasteiger partial charge in [0, 0.05) is 23.5 Å². The first-order valence-corrected chi connectivity index (χ1v) is 9.41. The highest BCUT2D eigenvalue weighted by Gasteiger charge is 2.14. The number of aromatic nitrogens is 4. The van der Waals surface area contributed by atoms with E-state index >= 15 is 0 Å². The highest BCUT2D eigenvalue weighted by molar-refractivity contribution is 7.98. The molecule has 0 bridgehead atoms. The zero-order valence-corrected chi connectivity index (χ0v) is 15.1. The zero-order valence-electron chi connectivity index (χ0n) is 13.4. The van der Waals surface area contributed by atoms with Crippen molar-refractivity contribution in [1.82, 2.24) is 19.9 Å². The Balaban J connectivity index is 1.67. The molecule has 126 valence electrons. The van der Waals surface area contributed by atoms with Crippen LogP contribution in [0.4, 0.5) is 4.39 Å². The Bertz CT molecular complexity index is 827. The minimum Gasteiger partial charge on any atom is -0.336 e. The lowest BCUT2D eigenvalue weighted by Gasteiger charge is -2.04. The number of rotatable bonds is 6. The molecule has 2 N–H and O–H groups in total. The van der Waals surface area contributed by atoms with Crippen molar-refractivity contribution in [1.29, 1.82) is 0 Å². The van der Waals surface area contributed by atoms with Crippen LogP contribution in [0, 0.1) is 5.82 Å². The summed E-state index contributed by atoms with van der Waals surface area (Å²) in [6.45, 7) is 4.25. The Labute approximate surface area is 148 Å². The molecule has 0 unspecified atom stereocenters. The Morgan fingerprint density at radius 1 is 1.29 bits per heavy atom. The Hall–Kier alpha value is -1.93. The number of hydrogen-bond acceptors (Lipinski definition) is 6. The van der Waals surface area contributed by atoms with Crippen molar-refractivity contribution < 1.29 is 4.39 Å². The van der Waals surface area contributed by atoms with Gasteiger partial charge in [-0.2, -0.15) is 0 Å². The van der Waals surface area contributed by atoms with Gasteiger partial charge < -0.3 is 5.84 Å². The van der Waals surface area contributed by atoms with E-state index in [1.54, 1.807) is 29.5 Å². The van der Waals surface area contributed by atoms with Gasteiger partial charge in [-0.15, -0.1) is 21.5 Å². The number of nitrogen functional groups attached to an aromatic ring is 1. The van der Waals surface area contributed by atoms with Crippen LogP contribution in [-0.2, 0) is 12.2 Å². The fourth-order valence-electron chi connectivity index (χ4n) is 2.13. The zero-order chi connectivity index (χ0) is 17.1. The maximum Gasteiger partial charge on any atom is 0.210 e. The lowest BCUT2D eigenvalue weighted by molar-refractivity contribution is 0.610. The standard InChI is InChI=1S/C16H18FN5S2/c1-10(2)15-19-12(8-23-15)9-24-16-21-20-14(22(16)18)7-11-5-3-4-6-13(11)17/h3-6,8,10H,7,9,18H2,1-2H3. The number of thioether (sulfide) groups is 1. The number of nitrogens with two attached hydrogens (primary N) is 1. The number of nitrogens with zero attached hydrogens (tertiary/aromatic N) is 4. The fourth-order valence-corrected chi connectivity index (χ4v) is 3.84. The molecule has 0 atom stereocenters. The molecule has 0 aliphatic rings. The van der Waals surface area contributed by atoms with E-state index in [0.717, 1.165) is 10.7 Å². The number of halogens is 1. The van der Waals surface area contributed by atoms with Crippen molar-refractivity contribution in [3.63, 3.8) is 0 Å². The average molecular weight is 363 g/mol. The maximum atomic E-state index is 13.7. The topological polar surface area (TPSA) is 69.6 Å². The van der Waals surface area contributed by atoms with Crippen molar-refractivity contribution >= 4 is 23.1 Å². The summed E-state index contributed by atoms with van der Waals surface area (Å²) >= 11 is 3.14. The van der Waals surface area contributed by atoms with Gasteiger partial charge in [0.25, 0.3) is 0 Å². The maximum absolute atomic E-state index is 13.7. The van der Waals surface area contributed by atoms with Gasteiger partial charge in [0.15, 0.2) is 5.82 Å². The largest absolute Gasteiger partial charge is 0.336 e. The summed E-state index contributed by atoms with van der Waals surface area (Å²) in [6, 6.07) is 6.60. The molecule has 2 heterocycles. The molecule has 24 heavy (non-hydrogen) atoms. The summed E-state index contributed by atoms with van der Waals surface area (Å²) in [7, 11) is 0. The Morgan fingerprint density at radius 2 is 2.08 bits per heavy atom. The molecule has 0 fully saturated rings. The third-order valence-corrected chi connectivity index (χ3v) is 5.62. The van der Waals surface area contributed by atoms with E-state index in [4.69, 9.17) is 5.84 Å². The first-order valence-electron chi connectivity index (χ1n) is 7.54. The van der Waals surface area contributed by atoms with Gasteiger partial charge in [0.2, 0.25) is 5.16 Å². The van der Waals surface area contributed by atoms with Crippen LogP contribution >= 0.6 is 23.1 Å². The fraction of sp³-hybridized carbons (Fsp3) is 0.312. The van der Waals surface area contributed by atoms with Crippen molar-refractivity contribution in [3.05, 3.63) is 57.6 Å². The van der Waals surface area contributed by atoms with Crippen LogP contribution in [-0.4, -0.2) is 19.9 Å². The molecular weight excluding hydrogens is 345 g/mol. The normalized spacial score (nSPS) is 11.3. The van der Waals surface area contributed by atoms with Gasteiger partial charge >= 0.3 is 0 Å². The van der Waals surface area contributed by atoms with E-state index in [-0.39, 0.29) is 5.82 Å². The van der Waals surface area contributed by atoms with Crippen LogP contribution in [0.25, 0.3) is 0 Å². The molecule has 5 nitrogen and oxygen atoms in total. The second-order valence-electron chi connectivity index (χ2n) is 5.66. The van der Waals surface area contributed by atoms with Crippen molar-refractivity contribution in [2.75, 3.05) is 5.84 Å². The van der Waals surface area contributed by atoms with Gasteiger partial charge in [-0.05, 0) is 11.6 Å². The van der Waals surface area contributed by atoms with Gasteiger partial charge in [-0.1, -0.05) is 43.8 Å². The molecule has 0 radical (unpaired) electrons. The predicted molar refractivity (Wildman–Crippen MR) is 95.1 cm³/mol. The second kappa shape index (κ2) is 7.31. The van der Waals surface area contributed by atoms with Crippen LogP contribution < -0.4 is 5.84 Å². The second-order valence-corrected chi connectivity index (χ2v) is 7.49. The molecule has 0 aliphatic carbocycles. The van der Waals surface area contributed by atoms with E-state index in [2.05, 4.69) is 34.4 Å². The van der Waals surface area contributed by atoms with Crippen LogP contribution in [0.3, 0.4) is 0 Å². The molecular formula is C16H18FN5S2. The lowest BCUT2D eigenvalue weighted by atomic mass is 10.1. The SMILES string of the molecule is CC(C)c1nc(CSc2nnc(Cc3ccccc3F)n2N)cs1. The lowest BCUT2D eigenvalue weighted by Crippen LogP contribution is -2.14. The molecule has 1 aromatic carbocycles. The molecule has 0 spiro atoms. The predicted octanol–water partition coefficient (Wildman–Crippen LogP) is 3.59. The third kappa shape index (κ3) is 3.76. The van der Waals surface area contributed by atoms with Crippen LogP contribution in [0.1, 0.15) is 41.9 Å². The van der Waals surface area contributed by atoms with E-state index in [1.807, 2.05) is 0 Å². The van der Waals surface area contributed by atoms with Gasteiger partial charge in [-0.3, -0.25) is 0 Å². The van der Waals surface area contributed by atoms with Gasteiger partial charge in [-0.25, -0.2) is 14.1 Å². The number of benzene rings is 1. The van der Waals surface area contributed by atoms with Crippen LogP contribution in [0.5, 0.6) is 0 Å². The smallest absolute Gasteiger partial charge is 0.210 e. The van der Waals surface area contributed by atoms with Gasteiger partial charge in [0.05, 0.1) is 10.7 Å². The molecule has 0 aliphatic heterocycles. The highest BCUT2D eigenvalue weighted by atomic mass is 32.2. The quantitative estimate of drug-likeness (QED) is 0.535. The first-order chi connectivity index (χ1) is 11.5. The summed E-state index contributed by atoms with van der Waals surface area (Å²) in [4.78, 5) is 4.59. The molecule has 0 saturated heterocycles. The highest BCUT2D eigenvalue weighted by Crippen LogP contribution is 2.25. The summed E-state index contributed by atoms with van der Waals surface area (Å²) in [5.41, 5.74) is 1.56. The van der Waals surface area contributed by atoms with Crippen molar-refractivity contribution in [2.45, 2.75) is 37.1 Å². The van der Waals surface area contributed by atoms with E-state index in [0.29, 0.717) is 34.6 Å². The summed E-state index contributed by atoms with van der Waals surface area (Å²) in [6.07, 6.45) is 0.310. The minimum absolute atomic E-state index is 0.265. The summed E-state index contributed by atoms with van der Waals surface area (Å²) < 4.78 is 15.2. The Morgan fingerprint density at radius 3 is 2.79 bits per heavy atom. The van der Waals surface area contributed by atoms with Crippen LogP contribution in [0.2, 0.25) is 0 Å². The summed E-state index contributed by atoms with van der Waals surface area (Å²) in [5, 5.41) is 12.0. The average Bonchev–Trinajstić information content (AvgIpc) is 3.16. The van der Waals surface area contributed by atoms with Gasteiger partial charge in [0.1, 0.15) is 5.82 Å².